The van der Waals surface area contributed by atoms with Crippen molar-refractivity contribution < 1.29 is 9.90 Å². The Morgan fingerprint density at radius 1 is 1.71 bits per heavy atom. The van der Waals surface area contributed by atoms with Gasteiger partial charge >= 0.3 is 5.97 Å². The van der Waals surface area contributed by atoms with Crippen LogP contribution >= 0.6 is 0 Å². The molecule has 5 nitrogen and oxygen atoms in total. The molecule has 0 aromatic carbocycles. The zero-order chi connectivity index (χ0) is 12.5. The molecule has 1 aromatic rings. The largest absolute Gasteiger partial charge is 0.481 e. The lowest BCUT2D eigenvalue weighted by molar-refractivity contribution is -0.147. The van der Waals surface area contributed by atoms with Crippen LogP contribution in [0.15, 0.2) is 12.3 Å². The maximum absolute atomic E-state index is 11.4. The van der Waals surface area contributed by atoms with Crippen LogP contribution in [0.1, 0.15) is 32.0 Å². The van der Waals surface area contributed by atoms with E-state index in [9.17, 15) is 9.90 Å². The molecule has 5 heteroatoms. The molecule has 1 fully saturated rings. The highest BCUT2D eigenvalue weighted by Gasteiger charge is 2.41. The molecule has 1 atom stereocenters. The lowest BCUT2D eigenvalue weighted by Crippen LogP contribution is -2.35. The van der Waals surface area contributed by atoms with Crippen molar-refractivity contribution >= 4 is 5.97 Å². The molecule has 0 bridgehead atoms. The summed E-state index contributed by atoms with van der Waals surface area (Å²) in [6.45, 7) is 5.43. The van der Waals surface area contributed by atoms with E-state index in [1.54, 1.807) is 0 Å². The van der Waals surface area contributed by atoms with Crippen molar-refractivity contribution in [3.8, 4) is 0 Å². The van der Waals surface area contributed by atoms with E-state index in [2.05, 4.69) is 24.3 Å². The second-order valence-electron chi connectivity index (χ2n) is 5.07. The first-order valence-electron chi connectivity index (χ1n) is 6.02. The summed E-state index contributed by atoms with van der Waals surface area (Å²) in [5, 5.41) is 16.9. The molecule has 0 amide bonds. The Morgan fingerprint density at radius 3 is 2.94 bits per heavy atom. The predicted octanol–water partition coefficient (Wildman–Crippen LogP) is 1.07. The molecule has 1 aliphatic heterocycles. The van der Waals surface area contributed by atoms with Gasteiger partial charge in [-0.1, -0.05) is 0 Å². The van der Waals surface area contributed by atoms with E-state index < -0.39 is 11.4 Å². The normalized spacial score (nSPS) is 24.4. The van der Waals surface area contributed by atoms with Crippen LogP contribution in [0, 0.1) is 5.41 Å². The van der Waals surface area contributed by atoms with Gasteiger partial charge in [-0.2, -0.15) is 5.10 Å². The van der Waals surface area contributed by atoms with Gasteiger partial charge in [0.2, 0.25) is 0 Å². The molecule has 94 valence electrons. The molecule has 1 aromatic heterocycles. The number of carboxylic acids is 1. The molecular weight excluding hydrogens is 218 g/mol. The third kappa shape index (κ3) is 2.34. The van der Waals surface area contributed by atoms with Crippen LogP contribution < -0.4 is 5.32 Å². The summed E-state index contributed by atoms with van der Waals surface area (Å²) in [5.41, 5.74) is 0.195. The van der Waals surface area contributed by atoms with Crippen LogP contribution in [0.4, 0.5) is 0 Å². The van der Waals surface area contributed by atoms with Crippen molar-refractivity contribution in [3.63, 3.8) is 0 Å². The van der Waals surface area contributed by atoms with Gasteiger partial charge in [0.05, 0.1) is 11.1 Å². The van der Waals surface area contributed by atoms with E-state index in [0.29, 0.717) is 25.4 Å². The highest BCUT2D eigenvalue weighted by molar-refractivity contribution is 5.75. The van der Waals surface area contributed by atoms with Crippen molar-refractivity contribution in [2.24, 2.45) is 5.41 Å². The highest BCUT2D eigenvalue weighted by atomic mass is 16.4. The third-order valence-corrected chi connectivity index (χ3v) is 3.41. The molecule has 0 saturated carbocycles. The summed E-state index contributed by atoms with van der Waals surface area (Å²) in [7, 11) is 0. The highest BCUT2D eigenvalue weighted by Crippen LogP contribution is 2.30. The zero-order valence-corrected chi connectivity index (χ0v) is 10.3. The summed E-state index contributed by atoms with van der Waals surface area (Å²) in [6, 6.07) is 2.23. The maximum Gasteiger partial charge on any atom is 0.311 e. The minimum absolute atomic E-state index is 0.311. The average Bonchev–Trinajstić information content (AvgIpc) is 2.88. The van der Waals surface area contributed by atoms with Gasteiger partial charge in [0.1, 0.15) is 0 Å². The smallest absolute Gasteiger partial charge is 0.311 e. The summed E-state index contributed by atoms with van der Waals surface area (Å²) in [6.07, 6.45) is 3.10. The predicted molar refractivity (Wildman–Crippen MR) is 63.9 cm³/mol. The second kappa shape index (κ2) is 4.49. The first kappa shape index (κ1) is 12.1. The third-order valence-electron chi connectivity index (χ3n) is 3.41. The first-order chi connectivity index (χ1) is 8.03. The van der Waals surface area contributed by atoms with Crippen LogP contribution in [0.3, 0.4) is 0 Å². The molecule has 1 unspecified atom stereocenters. The number of carbonyl (C=O) groups is 1. The summed E-state index contributed by atoms with van der Waals surface area (Å²) in [4.78, 5) is 11.4. The Hall–Kier alpha value is -1.36. The fourth-order valence-electron chi connectivity index (χ4n) is 2.26. The monoisotopic (exact) mass is 237 g/mol. The number of hydrogen-bond acceptors (Lipinski definition) is 3. The lowest BCUT2D eigenvalue weighted by Gasteiger charge is -2.21. The van der Waals surface area contributed by atoms with Crippen LogP contribution in [-0.4, -0.2) is 33.9 Å². The van der Waals surface area contributed by atoms with Crippen molar-refractivity contribution in [1.82, 2.24) is 15.1 Å². The summed E-state index contributed by atoms with van der Waals surface area (Å²) < 4.78 is 1.87. The Balaban J connectivity index is 2.15. The fraction of sp³-hybridized carbons (Fsp3) is 0.667. The number of aromatic nitrogens is 2. The molecule has 2 heterocycles. The van der Waals surface area contributed by atoms with E-state index in [1.165, 1.54) is 0 Å². The average molecular weight is 237 g/mol. The minimum atomic E-state index is -0.721. The fourth-order valence-corrected chi connectivity index (χ4v) is 2.26. The van der Waals surface area contributed by atoms with E-state index in [0.717, 1.165) is 12.2 Å². The number of nitrogens with one attached hydrogen (secondary N) is 1. The van der Waals surface area contributed by atoms with Gasteiger partial charge in [-0.3, -0.25) is 9.48 Å². The molecule has 1 saturated heterocycles. The summed E-state index contributed by atoms with van der Waals surface area (Å²) in [5.74, 6) is -0.721. The van der Waals surface area contributed by atoms with Gasteiger partial charge in [0, 0.05) is 25.2 Å². The van der Waals surface area contributed by atoms with Crippen LogP contribution in [0.25, 0.3) is 0 Å². The van der Waals surface area contributed by atoms with Gasteiger partial charge < -0.3 is 10.4 Å². The van der Waals surface area contributed by atoms with Gasteiger partial charge in [0.15, 0.2) is 0 Å². The van der Waals surface area contributed by atoms with Crippen molar-refractivity contribution in [3.05, 3.63) is 18.0 Å². The van der Waals surface area contributed by atoms with Crippen LogP contribution in [-0.2, 0) is 11.2 Å². The van der Waals surface area contributed by atoms with Crippen molar-refractivity contribution in [2.45, 2.75) is 32.7 Å². The quantitative estimate of drug-likeness (QED) is 0.822. The second-order valence-corrected chi connectivity index (χ2v) is 5.07. The molecular formula is C12H19N3O2. The molecule has 2 rings (SSSR count). The zero-order valence-electron chi connectivity index (χ0n) is 10.3. The number of rotatable bonds is 4. The SMILES string of the molecule is CC(C)n1ccc(CC2(C(=O)O)CCNC2)n1. The number of nitrogens with zero attached hydrogens (tertiary/aromatic N) is 2. The Morgan fingerprint density at radius 2 is 2.47 bits per heavy atom. The molecule has 17 heavy (non-hydrogen) atoms. The maximum atomic E-state index is 11.4. The molecule has 0 spiro atoms. The van der Waals surface area contributed by atoms with E-state index in [-0.39, 0.29) is 0 Å². The van der Waals surface area contributed by atoms with Gasteiger partial charge in [-0.05, 0) is 32.9 Å². The van der Waals surface area contributed by atoms with Crippen molar-refractivity contribution in [1.29, 1.82) is 0 Å². The van der Waals surface area contributed by atoms with Crippen molar-refractivity contribution in [2.75, 3.05) is 13.1 Å². The van der Waals surface area contributed by atoms with E-state index >= 15 is 0 Å². The summed E-state index contributed by atoms with van der Waals surface area (Å²) >= 11 is 0. The molecule has 0 radical (unpaired) electrons. The standard InChI is InChI=1S/C12H19N3O2/c1-9(2)15-6-3-10(14-15)7-12(11(16)17)4-5-13-8-12/h3,6,9,13H,4-5,7-8H2,1-2H3,(H,16,17). The van der Waals surface area contributed by atoms with E-state index in [1.807, 2.05) is 16.9 Å². The topological polar surface area (TPSA) is 67.2 Å². The Bertz CT molecular complexity index is 406. The Kier molecular flexibility index (Phi) is 3.19. The van der Waals surface area contributed by atoms with Gasteiger partial charge in [-0.15, -0.1) is 0 Å². The van der Waals surface area contributed by atoms with Crippen LogP contribution in [0.2, 0.25) is 0 Å². The molecule has 1 aliphatic rings. The van der Waals surface area contributed by atoms with Crippen LogP contribution in [0.5, 0.6) is 0 Å². The number of carboxylic acid groups (broad SMARTS) is 1. The number of aliphatic carboxylic acids is 1. The lowest BCUT2D eigenvalue weighted by atomic mass is 9.82. The minimum Gasteiger partial charge on any atom is -0.481 e. The number of hydrogen-bond donors (Lipinski definition) is 2. The first-order valence-corrected chi connectivity index (χ1v) is 6.02. The Labute approximate surface area is 101 Å². The molecule has 0 aliphatic carbocycles. The van der Waals surface area contributed by atoms with E-state index in [4.69, 9.17) is 0 Å². The van der Waals surface area contributed by atoms with Gasteiger partial charge in [0.25, 0.3) is 0 Å². The van der Waals surface area contributed by atoms with Gasteiger partial charge in [-0.25, -0.2) is 0 Å². The molecule has 2 N–H and O–H groups in total.